The van der Waals surface area contributed by atoms with Crippen molar-refractivity contribution in [1.82, 2.24) is 5.32 Å². The van der Waals surface area contributed by atoms with Crippen molar-refractivity contribution < 1.29 is 23.8 Å². The van der Waals surface area contributed by atoms with E-state index >= 15 is 0 Å². The largest absolute Gasteiger partial charge is 0.482 e. The third-order valence-corrected chi connectivity index (χ3v) is 4.29. The first kappa shape index (κ1) is 17.0. The van der Waals surface area contributed by atoms with Crippen molar-refractivity contribution in [2.45, 2.75) is 24.8 Å². The molecule has 2 N–H and O–H groups in total. The number of ether oxygens (including phenoxy) is 1. The number of carboxylic acids is 1. The summed E-state index contributed by atoms with van der Waals surface area (Å²) in [6, 6.07) is 13.2. The highest BCUT2D eigenvalue weighted by atomic mass is 19.1. The van der Waals surface area contributed by atoms with Crippen molar-refractivity contribution >= 4 is 11.9 Å². The Hall–Kier alpha value is -2.89. The molecule has 1 fully saturated rings. The molecule has 0 saturated heterocycles. The standard InChI is InChI=1S/C19H18FNO4/c20-16-7-2-1-6-15(16)19(8-9-19)18(24)21-11-13-4-3-5-14(10-13)25-12-17(22)23/h1-7,10H,8-9,11-12H2,(H,21,24)(H,22,23). The molecule has 1 amide bonds. The molecule has 1 saturated carbocycles. The predicted octanol–water partition coefficient (Wildman–Crippen LogP) is 2.64. The summed E-state index contributed by atoms with van der Waals surface area (Å²) in [5.41, 5.74) is 0.439. The average Bonchev–Trinajstić information content (AvgIpc) is 3.40. The smallest absolute Gasteiger partial charge is 0.341 e. The van der Waals surface area contributed by atoms with Crippen molar-refractivity contribution in [2.75, 3.05) is 6.61 Å². The molecular formula is C19H18FNO4. The van der Waals surface area contributed by atoms with Crippen LogP contribution in [-0.2, 0) is 21.5 Å². The third kappa shape index (κ3) is 3.79. The lowest BCUT2D eigenvalue weighted by atomic mass is 9.94. The number of halogens is 1. The zero-order chi connectivity index (χ0) is 17.9. The number of benzene rings is 2. The second-order valence-corrected chi connectivity index (χ2v) is 6.07. The molecule has 0 unspecified atom stereocenters. The van der Waals surface area contributed by atoms with Crippen molar-refractivity contribution in [3.05, 3.63) is 65.5 Å². The Morgan fingerprint density at radius 3 is 2.60 bits per heavy atom. The van der Waals surface area contributed by atoms with Crippen LogP contribution in [0.5, 0.6) is 5.75 Å². The minimum atomic E-state index is -1.06. The zero-order valence-corrected chi connectivity index (χ0v) is 13.5. The van der Waals surface area contributed by atoms with Gasteiger partial charge in [-0.1, -0.05) is 30.3 Å². The van der Waals surface area contributed by atoms with Gasteiger partial charge in [0.2, 0.25) is 5.91 Å². The molecular weight excluding hydrogens is 325 g/mol. The lowest BCUT2D eigenvalue weighted by molar-refractivity contribution is -0.139. The van der Waals surface area contributed by atoms with E-state index in [0.717, 1.165) is 5.56 Å². The summed E-state index contributed by atoms with van der Waals surface area (Å²) < 4.78 is 19.1. The van der Waals surface area contributed by atoms with Crippen LogP contribution in [0, 0.1) is 5.82 Å². The van der Waals surface area contributed by atoms with Crippen LogP contribution in [0.25, 0.3) is 0 Å². The number of amides is 1. The molecule has 0 spiro atoms. The number of rotatable bonds is 7. The maximum Gasteiger partial charge on any atom is 0.341 e. The maximum atomic E-state index is 14.0. The lowest BCUT2D eigenvalue weighted by Crippen LogP contribution is -2.34. The van der Waals surface area contributed by atoms with E-state index in [1.54, 1.807) is 42.5 Å². The highest BCUT2D eigenvalue weighted by Crippen LogP contribution is 2.49. The van der Waals surface area contributed by atoms with Crippen molar-refractivity contribution in [2.24, 2.45) is 0 Å². The second-order valence-electron chi connectivity index (χ2n) is 6.07. The Labute approximate surface area is 144 Å². The van der Waals surface area contributed by atoms with E-state index in [1.165, 1.54) is 6.07 Å². The maximum absolute atomic E-state index is 14.0. The molecule has 2 aromatic carbocycles. The summed E-state index contributed by atoms with van der Waals surface area (Å²) in [6.07, 6.45) is 1.25. The van der Waals surface area contributed by atoms with Gasteiger partial charge in [0, 0.05) is 12.1 Å². The van der Waals surface area contributed by atoms with Gasteiger partial charge in [-0.15, -0.1) is 0 Å². The molecule has 25 heavy (non-hydrogen) atoms. The first-order valence-corrected chi connectivity index (χ1v) is 7.98. The van der Waals surface area contributed by atoms with E-state index in [1.807, 2.05) is 0 Å². The van der Waals surface area contributed by atoms with Gasteiger partial charge < -0.3 is 15.2 Å². The monoisotopic (exact) mass is 343 g/mol. The van der Waals surface area contributed by atoms with Crippen molar-refractivity contribution in [1.29, 1.82) is 0 Å². The van der Waals surface area contributed by atoms with E-state index in [9.17, 15) is 14.0 Å². The highest BCUT2D eigenvalue weighted by Gasteiger charge is 2.52. The van der Waals surface area contributed by atoms with Crippen LogP contribution in [0.1, 0.15) is 24.0 Å². The quantitative estimate of drug-likeness (QED) is 0.810. The SMILES string of the molecule is O=C(O)COc1cccc(CNC(=O)C2(c3ccccc3F)CC2)c1. The molecule has 1 aliphatic rings. The molecule has 0 aromatic heterocycles. The fraction of sp³-hybridized carbons (Fsp3) is 0.263. The molecule has 0 bridgehead atoms. The van der Waals surface area contributed by atoms with E-state index < -0.39 is 18.0 Å². The number of carboxylic acid groups (broad SMARTS) is 1. The summed E-state index contributed by atoms with van der Waals surface area (Å²) in [6.45, 7) is -0.161. The first-order valence-electron chi connectivity index (χ1n) is 7.98. The number of carbonyl (C=O) groups is 2. The minimum Gasteiger partial charge on any atom is -0.482 e. The molecule has 0 aliphatic heterocycles. The Balaban J connectivity index is 1.64. The van der Waals surface area contributed by atoms with Gasteiger partial charge in [0.05, 0.1) is 5.41 Å². The van der Waals surface area contributed by atoms with Crippen LogP contribution in [-0.4, -0.2) is 23.6 Å². The van der Waals surface area contributed by atoms with Crippen LogP contribution in [0.15, 0.2) is 48.5 Å². The van der Waals surface area contributed by atoms with Gasteiger partial charge in [0.15, 0.2) is 6.61 Å². The summed E-state index contributed by atoms with van der Waals surface area (Å²) in [4.78, 5) is 23.1. The molecule has 6 heteroatoms. The lowest BCUT2D eigenvalue weighted by Gasteiger charge is -2.16. The number of nitrogens with one attached hydrogen (secondary N) is 1. The van der Waals surface area contributed by atoms with Crippen LogP contribution in [0.3, 0.4) is 0 Å². The van der Waals surface area contributed by atoms with E-state index in [2.05, 4.69) is 5.32 Å². The predicted molar refractivity (Wildman–Crippen MR) is 88.7 cm³/mol. The van der Waals surface area contributed by atoms with Crippen molar-refractivity contribution in [3.63, 3.8) is 0 Å². The van der Waals surface area contributed by atoms with E-state index in [0.29, 0.717) is 24.2 Å². The number of carbonyl (C=O) groups excluding carboxylic acids is 1. The van der Waals surface area contributed by atoms with Gasteiger partial charge in [0.25, 0.3) is 0 Å². The topological polar surface area (TPSA) is 75.6 Å². The second kappa shape index (κ2) is 6.93. The van der Waals surface area contributed by atoms with Crippen LogP contribution in [0.2, 0.25) is 0 Å². The van der Waals surface area contributed by atoms with Gasteiger partial charge in [-0.3, -0.25) is 4.79 Å². The highest BCUT2D eigenvalue weighted by molar-refractivity contribution is 5.91. The summed E-state index contributed by atoms with van der Waals surface area (Å²) >= 11 is 0. The molecule has 130 valence electrons. The first-order chi connectivity index (χ1) is 12.0. The van der Waals surface area contributed by atoms with Gasteiger partial charge in [-0.05, 0) is 36.6 Å². The Bertz CT molecular complexity index is 802. The molecule has 0 atom stereocenters. The van der Waals surface area contributed by atoms with Crippen LogP contribution < -0.4 is 10.1 Å². The Kier molecular flexibility index (Phi) is 4.70. The van der Waals surface area contributed by atoms with Crippen LogP contribution >= 0.6 is 0 Å². The van der Waals surface area contributed by atoms with E-state index in [-0.39, 0.29) is 18.3 Å². The molecule has 3 rings (SSSR count). The normalized spacial score (nSPS) is 14.6. The third-order valence-electron chi connectivity index (χ3n) is 4.29. The Morgan fingerprint density at radius 1 is 1.16 bits per heavy atom. The van der Waals surface area contributed by atoms with Crippen molar-refractivity contribution in [3.8, 4) is 5.75 Å². The molecule has 0 heterocycles. The molecule has 2 aromatic rings. The van der Waals surface area contributed by atoms with Gasteiger partial charge >= 0.3 is 5.97 Å². The van der Waals surface area contributed by atoms with Gasteiger partial charge in [-0.2, -0.15) is 0 Å². The average molecular weight is 343 g/mol. The molecule has 1 aliphatic carbocycles. The Morgan fingerprint density at radius 2 is 1.92 bits per heavy atom. The number of hydrogen-bond acceptors (Lipinski definition) is 3. The van der Waals surface area contributed by atoms with E-state index in [4.69, 9.17) is 9.84 Å². The van der Waals surface area contributed by atoms with Crippen LogP contribution in [0.4, 0.5) is 4.39 Å². The number of aliphatic carboxylic acids is 1. The fourth-order valence-corrected chi connectivity index (χ4v) is 2.83. The van der Waals surface area contributed by atoms with Gasteiger partial charge in [-0.25, -0.2) is 9.18 Å². The minimum absolute atomic E-state index is 0.200. The number of hydrogen-bond donors (Lipinski definition) is 2. The zero-order valence-electron chi connectivity index (χ0n) is 13.5. The summed E-state index contributed by atoms with van der Waals surface area (Å²) in [5.74, 6) is -1.20. The summed E-state index contributed by atoms with van der Waals surface area (Å²) in [5, 5.41) is 11.5. The van der Waals surface area contributed by atoms with Gasteiger partial charge in [0.1, 0.15) is 11.6 Å². The fourth-order valence-electron chi connectivity index (χ4n) is 2.83. The molecule has 0 radical (unpaired) electrons. The summed E-state index contributed by atoms with van der Waals surface area (Å²) in [7, 11) is 0. The molecule has 5 nitrogen and oxygen atoms in total.